The fourth-order valence-corrected chi connectivity index (χ4v) is 1.93. The van der Waals surface area contributed by atoms with E-state index in [-0.39, 0.29) is 11.3 Å². The third-order valence-electron chi connectivity index (χ3n) is 1.88. The maximum absolute atomic E-state index is 11.2. The Morgan fingerprint density at radius 1 is 1.53 bits per heavy atom. The van der Waals surface area contributed by atoms with Crippen molar-refractivity contribution >= 4 is 15.7 Å². The molecule has 90 valence electrons. The predicted octanol–water partition coefficient (Wildman–Crippen LogP) is 0.122. The van der Waals surface area contributed by atoms with E-state index in [1.165, 1.54) is 0 Å². The van der Waals surface area contributed by atoms with Crippen LogP contribution in [0.1, 0.15) is 5.56 Å². The number of hydrogen-bond donors (Lipinski definition) is 1. The summed E-state index contributed by atoms with van der Waals surface area (Å²) >= 11 is 0. The average Bonchev–Trinajstić information content (AvgIpc) is 2.25. The normalized spacial score (nSPS) is 10.6. The van der Waals surface area contributed by atoms with Crippen LogP contribution in [-0.2, 0) is 10.0 Å². The lowest BCUT2D eigenvalue weighted by atomic mass is 10.2. The quantitative estimate of drug-likeness (QED) is 0.603. The fourth-order valence-electron chi connectivity index (χ4n) is 1.20. The van der Waals surface area contributed by atoms with Crippen molar-refractivity contribution in [2.75, 3.05) is 7.11 Å². The van der Waals surface area contributed by atoms with E-state index in [1.54, 1.807) is 6.07 Å². The van der Waals surface area contributed by atoms with Gasteiger partial charge in [-0.2, -0.15) is 5.26 Å². The number of non-ortho nitro benzene ring substituents is 1. The molecular formula is C8H7N3O5S. The summed E-state index contributed by atoms with van der Waals surface area (Å²) in [5.41, 5.74) is -0.822. The van der Waals surface area contributed by atoms with E-state index >= 15 is 0 Å². The highest BCUT2D eigenvalue weighted by molar-refractivity contribution is 7.89. The minimum absolute atomic E-state index is 0.272. The lowest BCUT2D eigenvalue weighted by molar-refractivity contribution is -0.385. The van der Waals surface area contributed by atoms with E-state index in [0.717, 1.165) is 19.2 Å². The van der Waals surface area contributed by atoms with Crippen LogP contribution in [0.15, 0.2) is 17.0 Å². The van der Waals surface area contributed by atoms with Crippen LogP contribution in [-0.4, -0.2) is 20.5 Å². The van der Waals surface area contributed by atoms with Gasteiger partial charge in [-0.15, -0.1) is 0 Å². The molecule has 0 heterocycles. The Morgan fingerprint density at radius 2 is 2.12 bits per heavy atom. The average molecular weight is 257 g/mol. The van der Waals surface area contributed by atoms with E-state index in [1.807, 2.05) is 0 Å². The van der Waals surface area contributed by atoms with Gasteiger partial charge in [-0.1, -0.05) is 0 Å². The fraction of sp³-hybridized carbons (Fsp3) is 0.125. The van der Waals surface area contributed by atoms with Crippen LogP contribution < -0.4 is 9.88 Å². The van der Waals surface area contributed by atoms with Gasteiger partial charge >= 0.3 is 0 Å². The number of ether oxygens (including phenoxy) is 1. The zero-order chi connectivity index (χ0) is 13.2. The second kappa shape index (κ2) is 4.36. The smallest absolute Gasteiger partial charge is 0.272 e. The number of nitro groups is 1. The third kappa shape index (κ3) is 2.49. The van der Waals surface area contributed by atoms with Crippen LogP contribution in [0.3, 0.4) is 0 Å². The number of nitriles is 1. The standard InChI is InChI=1S/C8H7N3O5S/c1-16-8-5(4-9)2-6(11(12)13)3-7(8)17(10,14)15/h2-3H,1H3,(H2,10,14,15). The third-order valence-corrected chi connectivity index (χ3v) is 2.80. The van der Waals surface area contributed by atoms with Gasteiger partial charge in [0.1, 0.15) is 16.5 Å². The number of methoxy groups -OCH3 is 1. The number of benzene rings is 1. The first-order valence-electron chi connectivity index (χ1n) is 4.10. The van der Waals surface area contributed by atoms with E-state index in [0.29, 0.717) is 0 Å². The van der Waals surface area contributed by atoms with Crippen LogP contribution in [0, 0.1) is 21.4 Å². The molecule has 0 bridgehead atoms. The van der Waals surface area contributed by atoms with Gasteiger partial charge in [-0.3, -0.25) is 10.1 Å². The number of nitrogens with zero attached hydrogens (tertiary/aromatic N) is 2. The van der Waals surface area contributed by atoms with Crippen LogP contribution in [0.2, 0.25) is 0 Å². The van der Waals surface area contributed by atoms with Crippen molar-refractivity contribution in [1.82, 2.24) is 0 Å². The Balaban J connectivity index is 3.74. The van der Waals surface area contributed by atoms with Gasteiger partial charge < -0.3 is 4.74 Å². The molecule has 0 atom stereocenters. The Kier molecular flexibility index (Phi) is 3.31. The first-order valence-corrected chi connectivity index (χ1v) is 5.65. The molecule has 17 heavy (non-hydrogen) atoms. The summed E-state index contributed by atoms with van der Waals surface area (Å²) < 4.78 is 27.2. The highest BCUT2D eigenvalue weighted by atomic mass is 32.2. The summed E-state index contributed by atoms with van der Waals surface area (Å²) in [6.45, 7) is 0. The summed E-state index contributed by atoms with van der Waals surface area (Å²) in [6, 6.07) is 3.26. The molecule has 1 rings (SSSR count). The van der Waals surface area contributed by atoms with Crippen LogP contribution in [0.5, 0.6) is 5.75 Å². The number of sulfonamides is 1. The SMILES string of the molecule is COc1c(C#N)cc([N+](=O)[O-])cc1S(N)(=O)=O. The molecule has 1 aromatic rings. The molecule has 0 radical (unpaired) electrons. The molecule has 0 saturated carbocycles. The zero-order valence-electron chi connectivity index (χ0n) is 8.58. The summed E-state index contributed by atoms with van der Waals surface area (Å²) in [5, 5.41) is 24.2. The molecule has 0 aliphatic heterocycles. The molecule has 2 N–H and O–H groups in total. The number of rotatable bonds is 3. The van der Waals surface area contributed by atoms with Crippen molar-refractivity contribution in [2.45, 2.75) is 4.90 Å². The Labute approximate surface area is 96.4 Å². The molecule has 8 nitrogen and oxygen atoms in total. The van der Waals surface area contributed by atoms with Crippen molar-refractivity contribution < 1.29 is 18.1 Å². The first-order chi connectivity index (χ1) is 7.81. The van der Waals surface area contributed by atoms with Gasteiger partial charge in [0.2, 0.25) is 10.0 Å². The van der Waals surface area contributed by atoms with Crippen LogP contribution >= 0.6 is 0 Å². The van der Waals surface area contributed by atoms with Crippen molar-refractivity contribution in [3.63, 3.8) is 0 Å². The lowest BCUT2D eigenvalue weighted by Crippen LogP contribution is -2.14. The maximum atomic E-state index is 11.2. The molecule has 0 amide bonds. The molecule has 0 unspecified atom stereocenters. The summed E-state index contributed by atoms with van der Waals surface area (Å²) in [4.78, 5) is 9.15. The van der Waals surface area contributed by atoms with Crippen LogP contribution in [0.25, 0.3) is 0 Å². The molecule has 1 aromatic carbocycles. The van der Waals surface area contributed by atoms with Gasteiger partial charge in [-0.05, 0) is 0 Å². The van der Waals surface area contributed by atoms with Gasteiger partial charge in [0, 0.05) is 12.1 Å². The van der Waals surface area contributed by atoms with Crippen LogP contribution in [0.4, 0.5) is 5.69 Å². The van der Waals surface area contributed by atoms with Gasteiger partial charge in [0.15, 0.2) is 5.75 Å². The van der Waals surface area contributed by atoms with Crippen molar-refractivity contribution in [2.24, 2.45) is 5.14 Å². The summed E-state index contributed by atoms with van der Waals surface area (Å²) in [5.74, 6) is -0.305. The topological polar surface area (TPSA) is 136 Å². The maximum Gasteiger partial charge on any atom is 0.272 e. The molecular weight excluding hydrogens is 250 g/mol. The van der Waals surface area contributed by atoms with E-state index in [4.69, 9.17) is 15.1 Å². The zero-order valence-corrected chi connectivity index (χ0v) is 9.39. The Bertz CT molecular complexity index is 617. The molecule has 0 saturated heterocycles. The molecule has 0 spiro atoms. The molecule has 9 heteroatoms. The van der Waals surface area contributed by atoms with Crippen molar-refractivity contribution in [1.29, 1.82) is 5.26 Å². The van der Waals surface area contributed by atoms with E-state index in [2.05, 4.69) is 0 Å². The van der Waals surface area contributed by atoms with Crippen molar-refractivity contribution in [3.05, 3.63) is 27.8 Å². The number of primary sulfonamides is 1. The largest absolute Gasteiger partial charge is 0.494 e. The van der Waals surface area contributed by atoms with E-state index < -0.39 is 25.5 Å². The highest BCUT2D eigenvalue weighted by Gasteiger charge is 2.23. The molecule has 0 aromatic heterocycles. The van der Waals surface area contributed by atoms with Crippen molar-refractivity contribution in [3.8, 4) is 11.8 Å². The molecule has 0 aliphatic carbocycles. The van der Waals surface area contributed by atoms with Gasteiger partial charge in [-0.25, -0.2) is 13.6 Å². The minimum Gasteiger partial charge on any atom is -0.494 e. The second-order valence-corrected chi connectivity index (χ2v) is 4.47. The summed E-state index contributed by atoms with van der Waals surface area (Å²) in [7, 11) is -3.08. The van der Waals surface area contributed by atoms with Gasteiger partial charge in [0.25, 0.3) is 5.69 Å². The highest BCUT2D eigenvalue weighted by Crippen LogP contribution is 2.31. The molecule has 0 fully saturated rings. The number of hydrogen-bond acceptors (Lipinski definition) is 6. The Morgan fingerprint density at radius 3 is 2.47 bits per heavy atom. The van der Waals surface area contributed by atoms with E-state index in [9.17, 15) is 18.5 Å². The second-order valence-electron chi connectivity index (χ2n) is 2.94. The number of nitrogens with two attached hydrogens (primary N) is 1. The predicted molar refractivity (Wildman–Crippen MR) is 55.7 cm³/mol. The number of nitro benzene ring substituents is 1. The summed E-state index contributed by atoms with van der Waals surface area (Å²) in [6.07, 6.45) is 0. The van der Waals surface area contributed by atoms with Gasteiger partial charge in [0.05, 0.1) is 12.0 Å². The lowest BCUT2D eigenvalue weighted by Gasteiger charge is -2.07. The molecule has 0 aliphatic rings. The first kappa shape index (κ1) is 12.9. The monoisotopic (exact) mass is 257 g/mol. The minimum atomic E-state index is -4.21. The Hall–Kier alpha value is -2.18.